The molecule has 2 heterocycles. The predicted octanol–water partition coefficient (Wildman–Crippen LogP) is 8.85. The summed E-state index contributed by atoms with van der Waals surface area (Å²) >= 11 is 0. The minimum Gasteiger partial charge on any atom is -0.478 e. The predicted molar refractivity (Wildman–Crippen MR) is 194 cm³/mol. The number of carboxylic acids is 1. The van der Waals surface area contributed by atoms with Gasteiger partial charge in [0.15, 0.2) is 0 Å². The average molecular weight is 655 g/mol. The number of ether oxygens (including phenoxy) is 1. The van der Waals surface area contributed by atoms with Crippen LogP contribution in [0, 0.1) is 51.2 Å². The number of rotatable bonds is 7. The molecule has 2 aliphatic heterocycles. The van der Waals surface area contributed by atoms with Gasteiger partial charge in [0, 0.05) is 31.2 Å². The topological polar surface area (TPSA) is 61.8 Å². The third-order valence-electron chi connectivity index (χ3n) is 17.0. The number of aromatic carboxylic acids is 1. The van der Waals surface area contributed by atoms with E-state index in [-0.39, 0.29) is 16.4 Å². The van der Waals surface area contributed by atoms with Gasteiger partial charge in [0.1, 0.15) is 0 Å². The Morgan fingerprint density at radius 3 is 2.42 bits per heavy atom. The molecule has 1 aromatic rings. The van der Waals surface area contributed by atoms with E-state index in [9.17, 15) is 9.90 Å². The fraction of sp³-hybridized carbons (Fsp3) is 0.744. The number of benzene rings is 1. The Bertz CT molecular complexity index is 1500. The zero-order valence-corrected chi connectivity index (χ0v) is 30.7. The van der Waals surface area contributed by atoms with Crippen molar-refractivity contribution in [1.82, 2.24) is 10.2 Å². The molecule has 0 amide bonds. The first kappa shape index (κ1) is 33.2. The number of fused-ring (bicyclic) bond motifs is 9. The van der Waals surface area contributed by atoms with Gasteiger partial charge in [0.25, 0.3) is 0 Å². The molecule has 1 aromatic carbocycles. The number of carboxylic acid groups (broad SMARTS) is 1. The Hall–Kier alpha value is -1.95. The highest BCUT2D eigenvalue weighted by Crippen LogP contribution is 2.76. The second-order valence-electron chi connectivity index (χ2n) is 19.0. The summed E-state index contributed by atoms with van der Waals surface area (Å²) in [5, 5.41) is 13.8. The van der Waals surface area contributed by atoms with Gasteiger partial charge in [-0.25, -0.2) is 4.79 Å². The number of nitrogens with zero attached hydrogens (tertiary/aromatic N) is 1. The average Bonchev–Trinajstić information content (AvgIpc) is 3.76. The molecule has 6 fully saturated rings. The summed E-state index contributed by atoms with van der Waals surface area (Å²) in [4.78, 5) is 14.3. The number of likely N-dealkylation sites (tertiary alicyclic amines) is 1. The molecule has 8 rings (SSSR count). The lowest BCUT2D eigenvalue weighted by Crippen LogP contribution is -2.68. The van der Waals surface area contributed by atoms with E-state index in [0.29, 0.717) is 46.3 Å². The number of nitrogens with one attached hydrogen (secondary N) is 1. The maximum absolute atomic E-state index is 11.6. The number of carbonyl (C=O) groups is 1. The Labute approximate surface area is 290 Å². The van der Waals surface area contributed by atoms with Crippen LogP contribution in [0.2, 0.25) is 0 Å². The first-order chi connectivity index (χ1) is 22.7. The van der Waals surface area contributed by atoms with Crippen LogP contribution in [0.25, 0.3) is 5.57 Å². The largest absolute Gasteiger partial charge is 0.478 e. The van der Waals surface area contributed by atoms with Gasteiger partial charge in [-0.05, 0) is 146 Å². The molecule has 48 heavy (non-hydrogen) atoms. The highest BCUT2D eigenvalue weighted by atomic mass is 16.5. The summed E-state index contributed by atoms with van der Waals surface area (Å²) in [6.45, 7) is 24.4. The number of allylic oxidation sites excluding steroid dienone is 3. The molecule has 4 saturated carbocycles. The molecule has 262 valence electrons. The third kappa shape index (κ3) is 4.61. The Balaban J connectivity index is 1.07. The molecule has 2 saturated heterocycles. The summed E-state index contributed by atoms with van der Waals surface area (Å²) in [5.41, 5.74) is 5.64. The molecular formula is C43H62N2O3. The van der Waals surface area contributed by atoms with Crippen molar-refractivity contribution < 1.29 is 14.6 Å². The van der Waals surface area contributed by atoms with Crippen LogP contribution < -0.4 is 5.32 Å². The van der Waals surface area contributed by atoms with Gasteiger partial charge < -0.3 is 15.2 Å². The minimum atomic E-state index is -0.853. The third-order valence-corrected chi connectivity index (χ3v) is 17.0. The molecular weight excluding hydrogens is 592 g/mol. The standard InChI is InChI=1S/C43H62N2O3/c1-27(2)32-14-19-43(44-22-23-45-25-31-24-30(45)26-48-31)21-20-41(6)34(37(32)43)12-13-36-40(5)17-15-33(28-8-10-29(11-9-28)38(46)47)39(3,4)35(40)16-18-42(36,41)7/h8-11,15,30-32,34-37,44H,1,12-14,16-26H2,2-7H3,(H,46,47)/t30-,31+,32+,34-,35+,36-,37-,40+,41-,42-,43+/m1/s1. The summed E-state index contributed by atoms with van der Waals surface area (Å²) in [6, 6.07) is 8.31. The van der Waals surface area contributed by atoms with Gasteiger partial charge in [-0.3, -0.25) is 4.90 Å². The van der Waals surface area contributed by atoms with Crippen LogP contribution in [0.1, 0.15) is 122 Å². The van der Waals surface area contributed by atoms with Crippen molar-refractivity contribution in [3.8, 4) is 0 Å². The van der Waals surface area contributed by atoms with Gasteiger partial charge in [0.2, 0.25) is 0 Å². The molecule has 0 unspecified atom stereocenters. The van der Waals surface area contributed by atoms with Crippen molar-refractivity contribution in [1.29, 1.82) is 0 Å². The van der Waals surface area contributed by atoms with Crippen LogP contribution >= 0.6 is 0 Å². The molecule has 5 heteroatoms. The molecule has 5 nitrogen and oxygen atoms in total. The number of hydrogen-bond acceptors (Lipinski definition) is 4. The quantitative estimate of drug-likeness (QED) is 0.288. The van der Waals surface area contributed by atoms with E-state index in [0.717, 1.165) is 44.5 Å². The summed E-state index contributed by atoms with van der Waals surface area (Å²) in [7, 11) is 0. The van der Waals surface area contributed by atoms with Crippen molar-refractivity contribution in [2.24, 2.45) is 51.2 Å². The fourth-order valence-electron chi connectivity index (χ4n) is 14.5. The monoisotopic (exact) mass is 654 g/mol. The van der Waals surface area contributed by atoms with E-state index in [4.69, 9.17) is 4.74 Å². The Morgan fingerprint density at radius 1 is 0.979 bits per heavy atom. The van der Waals surface area contributed by atoms with E-state index in [1.165, 1.54) is 74.5 Å². The van der Waals surface area contributed by atoms with Gasteiger partial charge in [-0.15, -0.1) is 0 Å². The van der Waals surface area contributed by atoms with Crippen LogP contribution in [0.15, 0.2) is 42.5 Å². The van der Waals surface area contributed by atoms with Crippen LogP contribution in [0.4, 0.5) is 0 Å². The number of hydrogen-bond donors (Lipinski definition) is 2. The summed E-state index contributed by atoms with van der Waals surface area (Å²) in [5.74, 6) is 2.56. The Morgan fingerprint density at radius 2 is 1.75 bits per heavy atom. The molecule has 2 N–H and O–H groups in total. The first-order valence-electron chi connectivity index (χ1n) is 19.5. The molecule has 5 aliphatic carbocycles. The van der Waals surface area contributed by atoms with Crippen LogP contribution in [-0.4, -0.2) is 59.9 Å². The maximum Gasteiger partial charge on any atom is 0.335 e. The van der Waals surface area contributed by atoms with Gasteiger partial charge in [-0.1, -0.05) is 65.0 Å². The van der Waals surface area contributed by atoms with Crippen molar-refractivity contribution >= 4 is 11.5 Å². The van der Waals surface area contributed by atoms with E-state index in [1.54, 1.807) is 12.1 Å². The van der Waals surface area contributed by atoms with Crippen molar-refractivity contribution in [2.75, 3.05) is 26.2 Å². The SMILES string of the molecule is C=C(C)[C@@H]1CC[C@]2(NCCN3C[C@@H]4C[C@@H]3CO4)CC[C@]3(C)[C@H](CC[C@@H]4[C@@]5(C)CC=C(c6ccc(C(=O)O)cc6)C(C)(C)[C@@H]5CC[C@]43C)[C@@H]12. The summed E-state index contributed by atoms with van der Waals surface area (Å²) < 4.78 is 5.91. The van der Waals surface area contributed by atoms with Gasteiger partial charge in [-0.2, -0.15) is 0 Å². The molecule has 0 radical (unpaired) electrons. The van der Waals surface area contributed by atoms with Gasteiger partial charge >= 0.3 is 5.97 Å². The van der Waals surface area contributed by atoms with Crippen LogP contribution in [-0.2, 0) is 4.74 Å². The van der Waals surface area contributed by atoms with Crippen molar-refractivity contribution in [3.63, 3.8) is 0 Å². The molecule has 11 atom stereocenters. The molecule has 0 aromatic heterocycles. The van der Waals surface area contributed by atoms with E-state index in [2.05, 4.69) is 64.4 Å². The highest BCUT2D eigenvalue weighted by Gasteiger charge is 2.70. The van der Waals surface area contributed by atoms with Gasteiger partial charge in [0.05, 0.1) is 18.3 Å². The highest BCUT2D eigenvalue weighted by molar-refractivity contribution is 5.88. The second kappa shape index (κ2) is 11.3. The zero-order chi connectivity index (χ0) is 33.9. The summed E-state index contributed by atoms with van der Waals surface area (Å²) in [6.07, 6.45) is 16.0. The second-order valence-corrected chi connectivity index (χ2v) is 19.0. The molecule has 2 bridgehead atoms. The fourth-order valence-corrected chi connectivity index (χ4v) is 14.5. The lowest BCUT2D eigenvalue weighted by molar-refractivity contribution is -0.219. The molecule has 0 spiro atoms. The lowest BCUT2D eigenvalue weighted by Gasteiger charge is -2.72. The number of morpholine rings is 1. The lowest BCUT2D eigenvalue weighted by atomic mass is 9.33. The van der Waals surface area contributed by atoms with E-state index >= 15 is 0 Å². The van der Waals surface area contributed by atoms with E-state index < -0.39 is 5.97 Å². The normalized spacial score (nSPS) is 45.9. The minimum absolute atomic E-state index is 0.0416. The first-order valence-corrected chi connectivity index (χ1v) is 19.5. The van der Waals surface area contributed by atoms with Crippen molar-refractivity contribution in [2.45, 2.75) is 123 Å². The van der Waals surface area contributed by atoms with Crippen LogP contribution in [0.3, 0.4) is 0 Å². The van der Waals surface area contributed by atoms with E-state index in [1.807, 2.05) is 12.1 Å². The smallest absolute Gasteiger partial charge is 0.335 e. The van der Waals surface area contributed by atoms with Crippen molar-refractivity contribution in [3.05, 3.63) is 53.6 Å². The van der Waals surface area contributed by atoms with Crippen LogP contribution in [0.5, 0.6) is 0 Å². The Kier molecular flexibility index (Phi) is 7.80. The molecule has 7 aliphatic rings. The zero-order valence-electron chi connectivity index (χ0n) is 30.7. The maximum atomic E-state index is 11.6.